The molecule has 0 aliphatic rings. The van der Waals surface area contributed by atoms with Gasteiger partial charge in [-0.3, -0.25) is 10.1 Å². The molecule has 2 N–H and O–H groups in total. The van der Waals surface area contributed by atoms with Crippen molar-refractivity contribution in [1.29, 1.82) is 0 Å². The average molecular weight is 423 g/mol. The van der Waals surface area contributed by atoms with Gasteiger partial charge in [0, 0.05) is 28.0 Å². The molecule has 2 heterocycles. The largest absolute Gasteiger partial charge is 0.434 e. The van der Waals surface area contributed by atoms with Crippen LogP contribution < -0.4 is 10.6 Å². The normalized spacial score (nSPS) is 10.7. The minimum Gasteiger partial charge on any atom is -0.434 e. The summed E-state index contributed by atoms with van der Waals surface area (Å²) in [7, 11) is 0. The second-order valence-corrected chi connectivity index (χ2v) is 7.13. The molecule has 4 rings (SSSR count). The number of anilines is 1. The number of aryl methyl sites for hydroxylation is 1. The van der Waals surface area contributed by atoms with Gasteiger partial charge in [-0.2, -0.15) is 4.98 Å². The molecular weight excluding hydrogens is 408 g/mol. The maximum absolute atomic E-state index is 12.3. The monoisotopic (exact) mass is 422 g/mol. The van der Waals surface area contributed by atoms with Crippen molar-refractivity contribution in [2.75, 3.05) is 5.32 Å². The standard InChI is InChI=1S/C21H15ClN4O2S/c1-12-11-14(20-25-18-17(28-20)3-2-10-23-18)6-9-16(12)24-21(29)26-19(27)13-4-7-15(22)8-5-13/h2-11H,1H3,(H2,24,26,27,29). The summed E-state index contributed by atoms with van der Waals surface area (Å²) < 4.78 is 5.75. The predicted molar refractivity (Wildman–Crippen MR) is 117 cm³/mol. The highest BCUT2D eigenvalue weighted by molar-refractivity contribution is 7.80. The van der Waals surface area contributed by atoms with Crippen LogP contribution in [0.15, 0.2) is 65.2 Å². The number of nitrogens with one attached hydrogen (secondary N) is 2. The minimum absolute atomic E-state index is 0.201. The van der Waals surface area contributed by atoms with Gasteiger partial charge in [-0.15, -0.1) is 0 Å². The summed E-state index contributed by atoms with van der Waals surface area (Å²) >= 11 is 11.1. The van der Waals surface area contributed by atoms with Crippen LogP contribution in [0.1, 0.15) is 15.9 Å². The number of hydrogen-bond donors (Lipinski definition) is 2. The number of oxazole rings is 1. The van der Waals surface area contributed by atoms with Crippen molar-refractivity contribution in [1.82, 2.24) is 15.3 Å². The van der Waals surface area contributed by atoms with E-state index in [1.165, 1.54) is 0 Å². The molecule has 1 amide bonds. The van der Waals surface area contributed by atoms with Crippen molar-refractivity contribution in [3.63, 3.8) is 0 Å². The molecule has 6 nitrogen and oxygen atoms in total. The van der Waals surface area contributed by atoms with E-state index < -0.39 is 0 Å². The maximum Gasteiger partial charge on any atom is 0.257 e. The van der Waals surface area contributed by atoms with E-state index in [-0.39, 0.29) is 11.0 Å². The molecule has 4 aromatic rings. The first-order valence-electron chi connectivity index (χ1n) is 8.70. The van der Waals surface area contributed by atoms with Gasteiger partial charge in [-0.05, 0) is 79.3 Å². The average Bonchev–Trinajstić information content (AvgIpc) is 3.14. The number of thiocarbonyl (C=S) groups is 1. The van der Waals surface area contributed by atoms with Crippen LogP contribution in [0, 0.1) is 6.92 Å². The molecule has 0 bridgehead atoms. The molecule has 0 saturated carbocycles. The van der Waals surface area contributed by atoms with Crippen LogP contribution in [0.2, 0.25) is 5.02 Å². The third-order valence-electron chi connectivity index (χ3n) is 4.22. The Morgan fingerprint density at radius 2 is 1.93 bits per heavy atom. The van der Waals surface area contributed by atoms with E-state index >= 15 is 0 Å². The van der Waals surface area contributed by atoms with Crippen LogP contribution in [-0.4, -0.2) is 21.0 Å². The third kappa shape index (κ3) is 4.26. The van der Waals surface area contributed by atoms with Crippen LogP contribution in [0.4, 0.5) is 5.69 Å². The van der Waals surface area contributed by atoms with Gasteiger partial charge in [0.05, 0.1) is 0 Å². The van der Waals surface area contributed by atoms with Gasteiger partial charge >= 0.3 is 0 Å². The molecule has 0 unspecified atom stereocenters. The van der Waals surface area contributed by atoms with Gasteiger partial charge in [0.25, 0.3) is 5.91 Å². The number of fused-ring (bicyclic) bond motifs is 1. The quantitative estimate of drug-likeness (QED) is 0.453. The zero-order valence-electron chi connectivity index (χ0n) is 15.3. The van der Waals surface area contributed by atoms with Gasteiger partial charge in [0.15, 0.2) is 16.3 Å². The van der Waals surface area contributed by atoms with Gasteiger partial charge < -0.3 is 9.73 Å². The van der Waals surface area contributed by atoms with E-state index in [1.807, 2.05) is 31.2 Å². The molecular formula is C21H15ClN4O2S. The number of pyridine rings is 1. The van der Waals surface area contributed by atoms with Crippen molar-refractivity contribution in [3.8, 4) is 11.5 Å². The smallest absolute Gasteiger partial charge is 0.257 e. The molecule has 0 saturated heterocycles. The topological polar surface area (TPSA) is 80.1 Å². The molecule has 8 heteroatoms. The second kappa shape index (κ2) is 7.98. The van der Waals surface area contributed by atoms with Crippen LogP contribution in [-0.2, 0) is 0 Å². The lowest BCUT2D eigenvalue weighted by Crippen LogP contribution is -2.34. The Kier molecular flexibility index (Phi) is 5.24. The lowest BCUT2D eigenvalue weighted by molar-refractivity contribution is 0.0977. The van der Waals surface area contributed by atoms with Crippen molar-refractivity contribution >= 4 is 51.8 Å². The fraction of sp³-hybridized carbons (Fsp3) is 0.0476. The number of hydrogen-bond acceptors (Lipinski definition) is 5. The van der Waals surface area contributed by atoms with E-state index in [2.05, 4.69) is 20.6 Å². The van der Waals surface area contributed by atoms with Gasteiger partial charge in [0.2, 0.25) is 5.89 Å². The van der Waals surface area contributed by atoms with Crippen LogP contribution in [0.3, 0.4) is 0 Å². The van der Waals surface area contributed by atoms with Crippen molar-refractivity contribution < 1.29 is 9.21 Å². The summed E-state index contributed by atoms with van der Waals surface area (Å²) in [6.45, 7) is 1.93. The number of carbonyl (C=O) groups excluding carboxylic acids is 1. The van der Waals surface area contributed by atoms with E-state index in [4.69, 9.17) is 28.2 Å². The molecule has 0 aliphatic heterocycles. The maximum atomic E-state index is 12.3. The molecule has 0 spiro atoms. The molecule has 0 radical (unpaired) electrons. The number of benzene rings is 2. The number of amides is 1. The van der Waals surface area contributed by atoms with Gasteiger partial charge in [-0.25, -0.2) is 4.98 Å². The molecule has 2 aromatic carbocycles. The lowest BCUT2D eigenvalue weighted by atomic mass is 10.1. The zero-order chi connectivity index (χ0) is 20.4. The predicted octanol–water partition coefficient (Wildman–Crippen LogP) is 4.98. The Labute approximate surface area is 176 Å². The lowest BCUT2D eigenvalue weighted by Gasteiger charge is -2.12. The number of aromatic nitrogens is 2. The SMILES string of the molecule is Cc1cc(-c2nc3ncccc3o2)ccc1NC(=S)NC(=O)c1ccc(Cl)cc1. The Bertz CT molecular complexity index is 1190. The number of nitrogens with zero attached hydrogens (tertiary/aromatic N) is 2. The van der Waals surface area contributed by atoms with Gasteiger partial charge in [0.1, 0.15) is 0 Å². The minimum atomic E-state index is -0.313. The summed E-state index contributed by atoms with van der Waals surface area (Å²) in [6.07, 6.45) is 1.67. The van der Waals surface area contributed by atoms with Crippen LogP contribution in [0.25, 0.3) is 22.7 Å². The fourth-order valence-corrected chi connectivity index (χ4v) is 3.09. The summed E-state index contributed by atoms with van der Waals surface area (Å²) in [5, 5.41) is 6.46. The van der Waals surface area contributed by atoms with Crippen LogP contribution >= 0.6 is 23.8 Å². The third-order valence-corrected chi connectivity index (χ3v) is 4.68. The highest BCUT2D eigenvalue weighted by atomic mass is 35.5. The molecule has 29 heavy (non-hydrogen) atoms. The van der Waals surface area contributed by atoms with Crippen LogP contribution in [0.5, 0.6) is 0 Å². The first-order valence-corrected chi connectivity index (χ1v) is 9.49. The number of halogens is 1. The summed E-state index contributed by atoms with van der Waals surface area (Å²) in [5.41, 5.74) is 4.17. The molecule has 0 fully saturated rings. The van der Waals surface area contributed by atoms with Gasteiger partial charge in [-0.1, -0.05) is 11.6 Å². The fourth-order valence-electron chi connectivity index (χ4n) is 2.76. The van der Waals surface area contributed by atoms with Crippen molar-refractivity contribution in [3.05, 3.63) is 76.9 Å². The first kappa shape index (κ1) is 19.0. The Morgan fingerprint density at radius 3 is 2.66 bits per heavy atom. The van der Waals surface area contributed by atoms with E-state index in [0.717, 1.165) is 16.8 Å². The second-order valence-electron chi connectivity index (χ2n) is 6.29. The van der Waals surface area contributed by atoms with Crippen molar-refractivity contribution in [2.45, 2.75) is 6.92 Å². The van der Waals surface area contributed by atoms with Crippen molar-refractivity contribution in [2.24, 2.45) is 0 Å². The Balaban J connectivity index is 1.47. The Hall–Kier alpha value is -3.29. The van der Waals surface area contributed by atoms with E-state index in [0.29, 0.717) is 27.7 Å². The molecule has 144 valence electrons. The highest BCUT2D eigenvalue weighted by Gasteiger charge is 2.12. The summed E-state index contributed by atoms with van der Waals surface area (Å²) in [5.74, 6) is 0.180. The van der Waals surface area contributed by atoms with E-state index in [1.54, 1.807) is 36.5 Å². The molecule has 0 atom stereocenters. The highest BCUT2D eigenvalue weighted by Crippen LogP contribution is 2.26. The molecule has 0 aliphatic carbocycles. The number of carbonyl (C=O) groups is 1. The van der Waals surface area contributed by atoms with E-state index in [9.17, 15) is 4.79 Å². The Morgan fingerprint density at radius 1 is 1.14 bits per heavy atom. The first-order chi connectivity index (χ1) is 14.0. The zero-order valence-corrected chi connectivity index (χ0v) is 16.8. The molecule has 2 aromatic heterocycles. The summed E-state index contributed by atoms with van der Waals surface area (Å²) in [6, 6.07) is 15.8. The summed E-state index contributed by atoms with van der Waals surface area (Å²) in [4.78, 5) is 20.8. The number of rotatable bonds is 3.